The van der Waals surface area contributed by atoms with Crippen molar-refractivity contribution < 1.29 is 32.0 Å². The highest BCUT2D eigenvalue weighted by Crippen LogP contribution is 2.14. The molecule has 0 heterocycles. The van der Waals surface area contributed by atoms with E-state index in [-0.39, 0.29) is 0 Å². The average molecular weight is 327 g/mol. The minimum atomic E-state index is -1.28. The van der Waals surface area contributed by atoms with Crippen LogP contribution in [-0.4, -0.2) is 24.0 Å². The molecule has 8 heteroatoms. The summed E-state index contributed by atoms with van der Waals surface area (Å²) in [6, 6.07) is 4.35. The molecule has 0 aromatic heterocycles. The lowest BCUT2D eigenvalue weighted by molar-refractivity contribution is -0.0663. The Labute approximate surface area is 127 Å². The normalized spacial score (nSPS) is 10.3. The SMILES string of the molecule is CN(OC(=O)c1ccc(F)cc1F)C(=O)c1ccc(F)cc1F. The molecule has 0 fully saturated rings. The van der Waals surface area contributed by atoms with E-state index in [1.54, 1.807) is 0 Å². The molecule has 0 saturated carbocycles. The highest BCUT2D eigenvalue weighted by atomic mass is 19.1. The van der Waals surface area contributed by atoms with E-state index in [2.05, 4.69) is 4.84 Å². The molecule has 2 aromatic rings. The van der Waals surface area contributed by atoms with Gasteiger partial charge in [-0.3, -0.25) is 4.79 Å². The Morgan fingerprint density at radius 2 is 1.35 bits per heavy atom. The van der Waals surface area contributed by atoms with Crippen LogP contribution in [0.4, 0.5) is 17.6 Å². The first-order valence-corrected chi connectivity index (χ1v) is 6.20. The summed E-state index contributed by atoms with van der Waals surface area (Å²) >= 11 is 0. The minimum Gasteiger partial charge on any atom is -0.333 e. The summed E-state index contributed by atoms with van der Waals surface area (Å²) in [5, 5.41) is 0.363. The molecule has 0 bridgehead atoms. The van der Waals surface area contributed by atoms with Crippen molar-refractivity contribution in [2.75, 3.05) is 7.05 Å². The van der Waals surface area contributed by atoms with Crippen molar-refractivity contribution in [3.8, 4) is 0 Å². The smallest absolute Gasteiger partial charge is 0.333 e. The number of hydrogen-bond acceptors (Lipinski definition) is 3. The van der Waals surface area contributed by atoms with Gasteiger partial charge in [-0.15, -0.1) is 0 Å². The number of carbonyl (C=O) groups is 2. The molecular weight excluding hydrogens is 318 g/mol. The van der Waals surface area contributed by atoms with E-state index in [1.807, 2.05) is 0 Å². The van der Waals surface area contributed by atoms with Crippen LogP contribution in [0.25, 0.3) is 0 Å². The maximum absolute atomic E-state index is 13.5. The summed E-state index contributed by atoms with van der Waals surface area (Å²) in [6.07, 6.45) is 0. The topological polar surface area (TPSA) is 46.6 Å². The third-order valence-corrected chi connectivity index (χ3v) is 2.82. The number of benzene rings is 2. The van der Waals surface area contributed by atoms with E-state index < -0.39 is 46.3 Å². The molecule has 2 aromatic carbocycles. The molecule has 0 aliphatic carbocycles. The predicted octanol–water partition coefficient (Wildman–Crippen LogP) is 3.09. The fourth-order valence-corrected chi connectivity index (χ4v) is 1.70. The Bertz CT molecular complexity index is 779. The first-order valence-electron chi connectivity index (χ1n) is 6.20. The predicted molar refractivity (Wildman–Crippen MR) is 70.2 cm³/mol. The van der Waals surface area contributed by atoms with Gasteiger partial charge in [0.1, 0.15) is 23.3 Å². The third-order valence-electron chi connectivity index (χ3n) is 2.82. The van der Waals surface area contributed by atoms with E-state index in [0.717, 1.165) is 31.3 Å². The average Bonchev–Trinajstić information content (AvgIpc) is 2.46. The minimum absolute atomic E-state index is 0.363. The molecule has 0 aliphatic heterocycles. The Balaban J connectivity index is 2.16. The van der Waals surface area contributed by atoms with Crippen molar-refractivity contribution in [1.82, 2.24) is 5.06 Å². The lowest BCUT2D eigenvalue weighted by Crippen LogP contribution is -2.31. The van der Waals surface area contributed by atoms with E-state index in [1.165, 1.54) is 0 Å². The first kappa shape index (κ1) is 16.5. The molecule has 0 radical (unpaired) electrons. The summed E-state index contributed by atoms with van der Waals surface area (Å²) in [7, 11) is 0.991. The fraction of sp³-hybridized carbons (Fsp3) is 0.0667. The Morgan fingerprint density at radius 1 is 0.870 bits per heavy atom. The second kappa shape index (κ2) is 6.47. The molecule has 2 rings (SSSR count). The van der Waals surface area contributed by atoms with Gasteiger partial charge in [-0.2, -0.15) is 5.06 Å². The molecule has 0 saturated heterocycles. The zero-order valence-electron chi connectivity index (χ0n) is 11.6. The van der Waals surface area contributed by atoms with E-state index in [0.29, 0.717) is 17.2 Å². The Morgan fingerprint density at radius 3 is 1.83 bits per heavy atom. The highest BCUT2D eigenvalue weighted by Gasteiger charge is 2.22. The van der Waals surface area contributed by atoms with Crippen LogP contribution in [0.2, 0.25) is 0 Å². The summed E-state index contributed by atoms with van der Waals surface area (Å²) in [6.45, 7) is 0. The van der Waals surface area contributed by atoms with Gasteiger partial charge in [0.05, 0.1) is 11.1 Å². The summed E-state index contributed by atoms with van der Waals surface area (Å²) in [4.78, 5) is 28.2. The Kier molecular flexibility index (Phi) is 4.63. The highest BCUT2D eigenvalue weighted by molar-refractivity contribution is 5.96. The number of hydroxylamine groups is 2. The van der Waals surface area contributed by atoms with Crippen LogP contribution >= 0.6 is 0 Å². The van der Waals surface area contributed by atoms with Gasteiger partial charge in [0.25, 0.3) is 5.91 Å². The molecule has 0 aliphatic rings. The van der Waals surface area contributed by atoms with Crippen LogP contribution in [0, 0.1) is 23.3 Å². The van der Waals surface area contributed by atoms with Gasteiger partial charge in [-0.05, 0) is 24.3 Å². The van der Waals surface area contributed by atoms with Gasteiger partial charge < -0.3 is 4.84 Å². The van der Waals surface area contributed by atoms with Crippen molar-refractivity contribution in [2.24, 2.45) is 0 Å². The molecule has 4 nitrogen and oxygen atoms in total. The number of hydrogen-bond donors (Lipinski definition) is 0. The maximum atomic E-state index is 13.5. The second-order valence-electron chi connectivity index (χ2n) is 4.43. The lowest BCUT2D eigenvalue weighted by Gasteiger charge is -2.16. The zero-order chi connectivity index (χ0) is 17.1. The van der Waals surface area contributed by atoms with Gasteiger partial charge in [0.15, 0.2) is 0 Å². The van der Waals surface area contributed by atoms with Gasteiger partial charge in [0, 0.05) is 19.2 Å². The molecule has 0 unspecified atom stereocenters. The monoisotopic (exact) mass is 327 g/mol. The van der Waals surface area contributed by atoms with E-state index in [4.69, 9.17) is 0 Å². The van der Waals surface area contributed by atoms with Crippen molar-refractivity contribution >= 4 is 11.9 Å². The van der Waals surface area contributed by atoms with Crippen LogP contribution in [0.3, 0.4) is 0 Å². The number of nitrogens with zero attached hydrogens (tertiary/aromatic N) is 1. The first-order chi connectivity index (χ1) is 10.8. The molecule has 0 atom stereocenters. The van der Waals surface area contributed by atoms with Gasteiger partial charge in [-0.25, -0.2) is 22.4 Å². The Hall–Kier alpha value is -2.90. The van der Waals surface area contributed by atoms with Crippen LogP contribution in [-0.2, 0) is 4.84 Å². The van der Waals surface area contributed by atoms with Crippen LogP contribution < -0.4 is 0 Å². The summed E-state index contributed by atoms with van der Waals surface area (Å²) in [5.74, 6) is -6.46. The molecule has 120 valence electrons. The largest absolute Gasteiger partial charge is 0.366 e. The lowest BCUT2D eigenvalue weighted by atomic mass is 10.2. The van der Waals surface area contributed by atoms with Crippen LogP contribution in [0.1, 0.15) is 20.7 Å². The molecule has 0 N–H and O–H groups in total. The van der Waals surface area contributed by atoms with Gasteiger partial charge in [-0.1, -0.05) is 0 Å². The molecule has 23 heavy (non-hydrogen) atoms. The van der Waals surface area contributed by atoms with Crippen molar-refractivity contribution in [2.45, 2.75) is 0 Å². The number of amides is 1. The quantitative estimate of drug-likeness (QED) is 0.629. The number of carbonyl (C=O) groups excluding carboxylic acids is 2. The van der Waals surface area contributed by atoms with Crippen molar-refractivity contribution in [1.29, 1.82) is 0 Å². The number of rotatable bonds is 2. The maximum Gasteiger partial charge on any atom is 0.366 e. The van der Waals surface area contributed by atoms with Crippen LogP contribution in [0.5, 0.6) is 0 Å². The second-order valence-corrected chi connectivity index (χ2v) is 4.43. The molecule has 0 spiro atoms. The van der Waals surface area contributed by atoms with E-state index >= 15 is 0 Å². The summed E-state index contributed by atoms with van der Waals surface area (Å²) in [5.41, 5.74) is -1.15. The van der Waals surface area contributed by atoms with E-state index in [9.17, 15) is 27.2 Å². The molecule has 1 amide bonds. The standard InChI is InChI=1S/C15H9F4NO3/c1-20(14(21)10-4-2-8(16)6-12(10)18)23-15(22)11-5-3-9(17)7-13(11)19/h2-7H,1H3. The number of halogens is 4. The van der Waals surface area contributed by atoms with Crippen LogP contribution in [0.15, 0.2) is 36.4 Å². The van der Waals surface area contributed by atoms with Gasteiger partial charge >= 0.3 is 5.97 Å². The van der Waals surface area contributed by atoms with Crippen molar-refractivity contribution in [3.63, 3.8) is 0 Å². The third kappa shape index (κ3) is 3.65. The summed E-state index contributed by atoms with van der Waals surface area (Å²) < 4.78 is 52.5. The molecular formula is C15H9F4NO3. The van der Waals surface area contributed by atoms with Gasteiger partial charge in [0.2, 0.25) is 0 Å². The zero-order valence-corrected chi connectivity index (χ0v) is 11.6. The fourth-order valence-electron chi connectivity index (χ4n) is 1.70. The van der Waals surface area contributed by atoms with Crippen molar-refractivity contribution in [3.05, 3.63) is 70.8 Å².